The van der Waals surface area contributed by atoms with Crippen molar-refractivity contribution >= 4 is 11.8 Å². The first-order valence-electron chi connectivity index (χ1n) is 5.57. The Bertz CT molecular complexity index is 239. The van der Waals surface area contributed by atoms with E-state index < -0.39 is 0 Å². The first kappa shape index (κ1) is 12.9. The van der Waals surface area contributed by atoms with E-state index in [1.165, 1.54) is 0 Å². The topological polar surface area (TPSA) is 79.5 Å². The van der Waals surface area contributed by atoms with Crippen molar-refractivity contribution in [2.24, 2.45) is 0 Å². The van der Waals surface area contributed by atoms with Crippen LogP contribution in [0.3, 0.4) is 0 Å². The fraction of sp³-hybridized carbons (Fsp3) is 0.800. The Labute approximate surface area is 95.1 Å². The zero-order chi connectivity index (χ0) is 11.8. The maximum Gasteiger partial charge on any atom is 0.239 e. The molecule has 0 aromatic rings. The number of carbonyl (C=O) groups is 2. The summed E-state index contributed by atoms with van der Waals surface area (Å²) in [6, 6.07) is 0.0583. The second-order valence-corrected chi connectivity index (χ2v) is 3.66. The van der Waals surface area contributed by atoms with E-state index >= 15 is 0 Å². The molecule has 0 radical (unpaired) electrons. The number of likely N-dealkylation sites (N-methyl/N-ethyl adjacent to an activating group) is 1. The average molecular weight is 229 g/mol. The van der Waals surface area contributed by atoms with Gasteiger partial charge in [0.25, 0.3) is 0 Å². The van der Waals surface area contributed by atoms with Gasteiger partial charge in [-0.1, -0.05) is 0 Å². The standard InChI is InChI=1S/C10H19N3O3/c1-2-11-10(15)6-13-9(14)5-8-7-16-4-3-12-8/h8,12H,2-7H2,1H3,(H,11,15)(H,13,14). The van der Waals surface area contributed by atoms with Crippen molar-refractivity contribution in [3.63, 3.8) is 0 Å². The minimum atomic E-state index is -0.163. The molecule has 3 N–H and O–H groups in total. The molecule has 0 saturated carbocycles. The molecule has 6 nitrogen and oxygen atoms in total. The number of rotatable bonds is 5. The summed E-state index contributed by atoms with van der Waals surface area (Å²) in [7, 11) is 0. The summed E-state index contributed by atoms with van der Waals surface area (Å²) in [5, 5.41) is 8.35. The highest BCUT2D eigenvalue weighted by Crippen LogP contribution is 1.97. The average Bonchev–Trinajstić information content (AvgIpc) is 2.28. The predicted octanol–water partition coefficient (Wildman–Crippen LogP) is -1.38. The summed E-state index contributed by atoms with van der Waals surface area (Å²) in [5.41, 5.74) is 0. The molecule has 16 heavy (non-hydrogen) atoms. The van der Waals surface area contributed by atoms with Gasteiger partial charge in [-0.15, -0.1) is 0 Å². The number of nitrogens with one attached hydrogen (secondary N) is 3. The highest BCUT2D eigenvalue weighted by molar-refractivity contribution is 5.84. The van der Waals surface area contributed by atoms with Gasteiger partial charge in [0.2, 0.25) is 11.8 Å². The summed E-state index contributed by atoms with van der Waals surface area (Å²) < 4.78 is 5.23. The molecule has 1 aliphatic rings. The van der Waals surface area contributed by atoms with Gasteiger partial charge >= 0.3 is 0 Å². The van der Waals surface area contributed by atoms with Crippen LogP contribution in [0.2, 0.25) is 0 Å². The van der Waals surface area contributed by atoms with E-state index in [0.717, 1.165) is 6.54 Å². The van der Waals surface area contributed by atoms with Crippen molar-refractivity contribution < 1.29 is 14.3 Å². The largest absolute Gasteiger partial charge is 0.378 e. The van der Waals surface area contributed by atoms with E-state index in [4.69, 9.17) is 4.74 Å². The van der Waals surface area contributed by atoms with Gasteiger partial charge in [-0.05, 0) is 6.92 Å². The van der Waals surface area contributed by atoms with Gasteiger partial charge in [0.05, 0.1) is 19.8 Å². The van der Waals surface area contributed by atoms with E-state index in [9.17, 15) is 9.59 Å². The molecule has 92 valence electrons. The normalized spacial score (nSPS) is 20.2. The molecule has 0 spiro atoms. The van der Waals surface area contributed by atoms with Crippen LogP contribution in [0.15, 0.2) is 0 Å². The van der Waals surface area contributed by atoms with E-state index in [-0.39, 0.29) is 24.4 Å². The van der Waals surface area contributed by atoms with Crippen LogP contribution in [0, 0.1) is 0 Å². The minimum Gasteiger partial charge on any atom is -0.378 e. The monoisotopic (exact) mass is 229 g/mol. The van der Waals surface area contributed by atoms with Crippen LogP contribution in [0.4, 0.5) is 0 Å². The fourth-order valence-corrected chi connectivity index (χ4v) is 1.49. The molecule has 1 saturated heterocycles. The first-order valence-corrected chi connectivity index (χ1v) is 5.57. The molecular formula is C10H19N3O3. The van der Waals surface area contributed by atoms with Crippen LogP contribution in [-0.2, 0) is 14.3 Å². The Kier molecular flexibility index (Phi) is 5.81. The Morgan fingerprint density at radius 3 is 2.81 bits per heavy atom. The summed E-state index contributed by atoms with van der Waals surface area (Å²) in [5.74, 6) is -0.294. The molecule has 1 fully saturated rings. The summed E-state index contributed by atoms with van der Waals surface area (Å²) >= 11 is 0. The lowest BCUT2D eigenvalue weighted by Crippen LogP contribution is -2.45. The van der Waals surface area contributed by atoms with Gasteiger partial charge in [-0.3, -0.25) is 9.59 Å². The van der Waals surface area contributed by atoms with E-state index in [1.54, 1.807) is 0 Å². The second-order valence-electron chi connectivity index (χ2n) is 3.66. The molecule has 0 bridgehead atoms. The van der Waals surface area contributed by atoms with Crippen molar-refractivity contribution in [1.82, 2.24) is 16.0 Å². The quantitative estimate of drug-likeness (QED) is 0.543. The lowest BCUT2D eigenvalue weighted by atomic mass is 10.2. The van der Waals surface area contributed by atoms with Gasteiger partial charge in [-0.25, -0.2) is 0 Å². The molecule has 1 rings (SSSR count). The number of hydrogen-bond donors (Lipinski definition) is 3. The minimum absolute atomic E-state index is 0.0419. The van der Waals surface area contributed by atoms with Crippen LogP contribution in [0.25, 0.3) is 0 Å². The maximum absolute atomic E-state index is 11.4. The van der Waals surface area contributed by atoms with E-state index in [1.807, 2.05) is 6.92 Å². The first-order chi connectivity index (χ1) is 7.72. The van der Waals surface area contributed by atoms with Crippen molar-refractivity contribution in [1.29, 1.82) is 0 Å². The molecule has 0 aromatic carbocycles. The highest BCUT2D eigenvalue weighted by Gasteiger charge is 2.16. The SMILES string of the molecule is CCNC(=O)CNC(=O)CC1COCCN1. The third kappa shape index (κ3) is 5.09. The van der Waals surface area contributed by atoms with Gasteiger partial charge in [0.15, 0.2) is 0 Å². The zero-order valence-electron chi connectivity index (χ0n) is 9.54. The van der Waals surface area contributed by atoms with Crippen molar-refractivity contribution in [2.45, 2.75) is 19.4 Å². The third-order valence-corrected chi connectivity index (χ3v) is 2.25. The van der Waals surface area contributed by atoms with Crippen LogP contribution < -0.4 is 16.0 Å². The lowest BCUT2D eigenvalue weighted by Gasteiger charge is -2.23. The van der Waals surface area contributed by atoms with Crippen molar-refractivity contribution in [3.8, 4) is 0 Å². The second kappa shape index (κ2) is 7.19. The number of ether oxygens (including phenoxy) is 1. The summed E-state index contributed by atoms with van der Waals surface area (Å²) in [4.78, 5) is 22.5. The van der Waals surface area contributed by atoms with E-state index in [0.29, 0.717) is 26.2 Å². The molecule has 2 amide bonds. The van der Waals surface area contributed by atoms with E-state index in [2.05, 4.69) is 16.0 Å². The van der Waals surface area contributed by atoms with Crippen LogP contribution in [-0.4, -0.2) is 50.7 Å². The van der Waals surface area contributed by atoms with Gasteiger partial charge in [-0.2, -0.15) is 0 Å². The third-order valence-electron chi connectivity index (χ3n) is 2.25. The van der Waals surface area contributed by atoms with Crippen LogP contribution in [0.5, 0.6) is 0 Å². The summed E-state index contributed by atoms with van der Waals surface area (Å²) in [6.07, 6.45) is 0.347. The van der Waals surface area contributed by atoms with Gasteiger partial charge in [0.1, 0.15) is 0 Å². The highest BCUT2D eigenvalue weighted by atomic mass is 16.5. The lowest BCUT2D eigenvalue weighted by molar-refractivity contribution is -0.126. The predicted molar refractivity (Wildman–Crippen MR) is 58.9 cm³/mol. The number of hydrogen-bond acceptors (Lipinski definition) is 4. The zero-order valence-corrected chi connectivity index (χ0v) is 9.54. The molecular weight excluding hydrogens is 210 g/mol. The molecule has 1 aliphatic heterocycles. The number of amides is 2. The maximum atomic E-state index is 11.4. The Morgan fingerprint density at radius 2 is 2.19 bits per heavy atom. The molecule has 1 atom stereocenters. The Balaban J connectivity index is 2.12. The van der Waals surface area contributed by atoms with Crippen LogP contribution in [0.1, 0.15) is 13.3 Å². The fourth-order valence-electron chi connectivity index (χ4n) is 1.49. The summed E-state index contributed by atoms with van der Waals surface area (Å²) in [6.45, 7) is 4.47. The molecule has 1 heterocycles. The van der Waals surface area contributed by atoms with Crippen molar-refractivity contribution in [3.05, 3.63) is 0 Å². The van der Waals surface area contributed by atoms with Gasteiger partial charge < -0.3 is 20.7 Å². The van der Waals surface area contributed by atoms with Crippen molar-refractivity contribution in [2.75, 3.05) is 32.8 Å². The Hall–Kier alpha value is -1.14. The molecule has 0 aliphatic carbocycles. The van der Waals surface area contributed by atoms with Gasteiger partial charge in [0, 0.05) is 25.6 Å². The number of carbonyl (C=O) groups excluding carboxylic acids is 2. The smallest absolute Gasteiger partial charge is 0.239 e. The molecule has 1 unspecified atom stereocenters. The molecule has 0 aromatic heterocycles. The van der Waals surface area contributed by atoms with Crippen LogP contribution >= 0.6 is 0 Å². The Morgan fingerprint density at radius 1 is 1.38 bits per heavy atom. The number of morpholine rings is 1. The molecule has 6 heteroatoms.